The average Bonchev–Trinajstić information content (AvgIpc) is 1.86. The van der Waals surface area contributed by atoms with Crippen molar-refractivity contribution in [1.82, 2.24) is 0 Å². The molecule has 0 rings (SSSR count). The van der Waals surface area contributed by atoms with Crippen LogP contribution in [0.15, 0.2) is 11.6 Å². The molecule has 0 aromatic carbocycles. The van der Waals surface area contributed by atoms with Crippen molar-refractivity contribution in [3.05, 3.63) is 11.6 Å². The third-order valence-electron chi connectivity index (χ3n) is 1.16. The van der Waals surface area contributed by atoms with Crippen LogP contribution in [-0.4, -0.2) is 16.2 Å². The van der Waals surface area contributed by atoms with Gasteiger partial charge in [-0.1, -0.05) is 11.6 Å². The van der Waals surface area contributed by atoms with Gasteiger partial charge in [0.1, 0.15) is 0 Å². The van der Waals surface area contributed by atoms with Gasteiger partial charge >= 0.3 is 0 Å². The number of carbonyl (C=O) groups is 1. The first kappa shape index (κ1) is 11.1. The van der Waals surface area contributed by atoms with Crippen molar-refractivity contribution in [2.45, 2.75) is 26.0 Å². The first-order valence-corrected chi connectivity index (χ1v) is 4.91. The highest BCUT2D eigenvalue weighted by Gasteiger charge is 2.07. The summed E-state index contributed by atoms with van der Waals surface area (Å²) in [6, 6.07) is 0. The van der Waals surface area contributed by atoms with E-state index in [9.17, 15) is 4.79 Å². The van der Waals surface area contributed by atoms with Crippen molar-refractivity contribution < 1.29 is 4.79 Å². The van der Waals surface area contributed by atoms with Crippen molar-refractivity contribution >= 4 is 28.6 Å². The van der Waals surface area contributed by atoms with E-state index in [0.29, 0.717) is 0 Å². The van der Waals surface area contributed by atoms with Gasteiger partial charge in [0.15, 0.2) is 0 Å². The monoisotopic (exact) mass is 192 g/mol. The fraction of sp³-hybridized carbons (Fsp3) is 0.625. The van der Waals surface area contributed by atoms with Crippen molar-refractivity contribution in [1.29, 1.82) is 0 Å². The number of allylic oxidation sites excluding steroid dienone is 1. The minimum atomic E-state index is -0.267. The molecule has 0 N–H and O–H groups in total. The molecule has 1 nitrogen and oxygen atoms in total. The van der Waals surface area contributed by atoms with Crippen molar-refractivity contribution in [3.63, 3.8) is 0 Å². The quantitative estimate of drug-likeness (QED) is 0.504. The Balaban J connectivity index is 3.55. The van der Waals surface area contributed by atoms with E-state index < -0.39 is 0 Å². The average molecular weight is 193 g/mol. The van der Waals surface area contributed by atoms with Crippen LogP contribution in [0.1, 0.15) is 20.8 Å². The summed E-state index contributed by atoms with van der Waals surface area (Å²) in [7, 11) is 0. The van der Waals surface area contributed by atoms with Gasteiger partial charge in [0.05, 0.1) is 5.25 Å². The summed E-state index contributed by atoms with van der Waals surface area (Å²) in [6.45, 7) is 5.89. The van der Waals surface area contributed by atoms with E-state index >= 15 is 0 Å². The molecule has 11 heavy (non-hydrogen) atoms. The molecule has 1 atom stereocenters. The van der Waals surface area contributed by atoms with Gasteiger partial charge in [-0.2, -0.15) is 0 Å². The van der Waals surface area contributed by atoms with Crippen LogP contribution >= 0.6 is 23.4 Å². The van der Waals surface area contributed by atoms with Crippen LogP contribution in [0.2, 0.25) is 0 Å². The van der Waals surface area contributed by atoms with Crippen LogP contribution in [0.25, 0.3) is 0 Å². The minimum absolute atomic E-state index is 0.0905. The lowest BCUT2D eigenvalue weighted by molar-refractivity contribution is -0.111. The molecular weight excluding hydrogens is 180 g/mol. The zero-order chi connectivity index (χ0) is 8.85. The van der Waals surface area contributed by atoms with E-state index in [2.05, 4.69) is 6.08 Å². The number of thioether (sulfide) groups is 1. The van der Waals surface area contributed by atoms with E-state index in [4.69, 9.17) is 11.6 Å². The fourth-order valence-electron chi connectivity index (χ4n) is 0.425. The maximum atomic E-state index is 10.5. The molecule has 0 fully saturated rings. The lowest BCUT2D eigenvalue weighted by atomic mass is 10.3. The second kappa shape index (κ2) is 5.67. The number of hydrogen-bond acceptors (Lipinski definition) is 2. The SMILES string of the molecule is CC(C)=CCSC(C)C(=O)Cl. The largest absolute Gasteiger partial charge is 0.280 e. The Morgan fingerprint density at radius 2 is 2.18 bits per heavy atom. The highest BCUT2D eigenvalue weighted by molar-refractivity contribution is 8.00. The molecule has 0 saturated carbocycles. The summed E-state index contributed by atoms with van der Waals surface area (Å²) in [4.78, 5) is 10.5. The molecule has 1 unspecified atom stereocenters. The molecule has 0 aliphatic rings. The van der Waals surface area contributed by atoms with Gasteiger partial charge in [0, 0.05) is 5.75 Å². The Hall–Kier alpha value is 0.0500. The Morgan fingerprint density at radius 1 is 1.64 bits per heavy atom. The maximum absolute atomic E-state index is 10.5. The Bertz CT molecular complexity index is 161. The van der Waals surface area contributed by atoms with Crippen molar-refractivity contribution in [3.8, 4) is 0 Å². The number of carbonyl (C=O) groups excluding carboxylic acids is 1. The Kier molecular flexibility index (Phi) is 5.69. The molecule has 0 aliphatic carbocycles. The van der Waals surface area contributed by atoms with Crippen LogP contribution in [0.4, 0.5) is 0 Å². The van der Waals surface area contributed by atoms with Gasteiger partial charge in [-0.3, -0.25) is 4.79 Å². The number of halogens is 1. The molecular formula is C8H13ClOS. The summed E-state index contributed by atoms with van der Waals surface area (Å²) in [6.07, 6.45) is 2.08. The molecule has 3 heteroatoms. The van der Waals surface area contributed by atoms with E-state index in [1.807, 2.05) is 20.8 Å². The Morgan fingerprint density at radius 3 is 2.55 bits per heavy atom. The molecule has 0 heterocycles. The topological polar surface area (TPSA) is 17.1 Å². The van der Waals surface area contributed by atoms with E-state index in [-0.39, 0.29) is 10.5 Å². The summed E-state index contributed by atoms with van der Waals surface area (Å²) < 4.78 is 0. The molecule has 0 saturated heterocycles. The number of rotatable bonds is 4. The van der Waals surface area contributed by atoms with Gasteiger partial charge in [-0.25, -0.2) is 0 Å². The molecule has 0 aliphatic heterocycles. The van der Waals surface area contributed by atoms with Gasteiger partial charge in [0.25, 0.3) is 0 Å². The van der Waals surface area contributed by atoms with Gasteiger partial charge in [-0.05, 0) is 32.4 Å². The second-order valence-electron chi connectivity index (χ2n) is 2.56. The lowest BCUT2D eigenvalue weighted by Gasteiger charge is -2.02. The molecule has 64 valence electrons. The van der Waals surface area contributed by atoms with Crippen LogP contribution in [-0.2, 0) is 4.79 Å². The van der Waals surface area contributed by atoms with E-state index in [0.717, 1.165) is 5.75 Å². The van der Waals surface area contributed by atoms with Crippen LogP contribution in [0, 0.1) is 0 Å². The Labute approximate surface area is 77.2 Å². The summed E-state index contributed by atoms with van der Waals surface area (Å²) in [5.41, 5.74) is 1.27. The zero-order valence-electron chi connectivity index (χ0n) is 7.06. The van der Waals surface area contributed by atoms with Gasteiger partial charge in [0.2, 0.25) is 5.24 Å². The van der Waals surface area contributed by atoms with Crippen molar-refractivity contribution in [2.24, 2.45) is 0 Å². The predicted octanol–water partition coefficient (Wildman–Crippen LogP) is 2.84. The van der Waals surface area contributed by atoms with Gasteiger partial charge in [-0.15, -0.1) is 11.8 Å². The third kappa shape index (κ3) is 6.45. The molecule has 0 radical (unpaired) electrons. The first-order chi connectivity index (χ1) is 5.04. The molecule has 0 spiro atoms. The van der Waals surface area contributed by atoms with E-state index in [1.165, 1.54) is 5.57 Å². The van der Waals surface area contributed by atoms with Crippen LogP contribution < -0.4 is 0 Å². The highest BCUT2D eigenvalue weighted by atomic mass is 35.5. The van der Waals surface area contributed by atoms with Crippen molar-refractivity contribution in [2.75, 3.05) is 5.75 Å². The van der Waals surface area contributed by atoms with Crippen LogP contribution in [0.3, 0.4) is 0 Å². The van der Waals surface area contributed by atoms with E-state index in [1.54, 1.807) is 11.8 Å². The molecule has 0 amide bonds. The van der Waals surface area contributed by atoms with Gasteiger partial charge < -0.3 is 0 Å². The maximum Gasteiger partial charge on any atom is 0.234 e. The van der Waals surface area contributed by atoms with Crippen LogP contribution in [0.5, 0.6) is 0 Å². The highest BCUT2D eigenvalue weighted by Crippen LogP contribution is 2.13. The minimum Gasteiger partial charge on any atom is -0.280 e. The lowest BCUT2D eigenvalue weighted by Crippen LogP contribution is -2.05. The molecule has 0 aromatic heterocycles. The first-order valence-electron chi connectivity index (χ1n) is 3.48. The zero-order valence-corrected chi connectivity index (χ0v) is 8.63. The number of hydrogen-bond donors (Lipinski definition) is 0. The third-order valence-corrected chi connectivity index (χ3v) is 2.69. The molecule has 0 aromatic rings. The molecule has 0 bridgehead atoms. The smallest absolute Gasteiger partial charge is 0.234 e. The predicted molar refractivity (Wildman–Crippen MR) is 52.2 cm³/mol. The summed E-state index contributed by atoms with van der Waals surface area (Å²) in [5, 5.41) is -0.357. The fourth-order valence-corrected chi connectivity index (χ4v) is 1.46. The summed E-state index contributed by atoms with van der Waals surface area (Å²) in [5.74, 6) is 0.863. The normalized spacial score (nSPS) is 12.4. The second-order valence-corrected chi connectivity index (χ2v) is 4.31. The standard InChI is InChI=1S/C8H13ClOS/c1-6(2)4-5-11-7(3)8(9)10/h4,7H,5H2,1-3H3. The summed E-state index contributed by atoms with van der Waals surface area (Å²) >= 11 is 6.82.